The molecule has 0 unspecified atom stereocenters. The van der Waals surface area contributed by atoms with Crippen molar-refractivity contribution in [1.82, 2.24) is 5.32 Å². The standard InChI is InChI=1S/C22H21NO8/c1-11(22(26)27)23-21(25)13-7-5-6-12(8-13)15-9-14(24)18-16(31-15)10-17(28-2)19(29-3)20(18)30-4/h5-11H,1-4H3,(H,23,25)(H,26,27)/t11-/m0/s1. The van der Waals surface area contributed by atoms with Crippen molar-refractivity contribution in [2.24, 2.45) is 0 Å². The van der Waals surface area contributed by atoms with Crippen LogP contribution in [0.2, 0.25) is 0 Å². The molecule has 0 aliphatic carbocycles. The average Bonchev–Trinajstić information content (AvgIpc) is 2.77. The molecule has 1 aromatic heterocycles. The van der Waals surface area contributed by atoms with Crippen molar-refractivity contribution in [3.8, 4) is 28.6 Å². The molecule has 3 aromatic rings. The van der Waals surface area contributed by atoms with Gasteiger partial charge in [0.15, 0.2) is 16.9 Å². The van der Waals surface area contributed by atoms with Crippen LogP contribution in [0.15, 0.2) is 45.6 Å². The van der Waals surface area contributed by atoms with Crippen LogP contribution in [0.1, 0.15) is 17.3 Å². The van der Waals surface area contributed by atoms with Gasteiger partial charge in [-0.3, -0.25) is 14.4 Å². The van der Waals surface area contributed by atoms with Gasteiger partial charge in [-0.25, -0.2) is 0 Å². The van der Waals surface area contributed by atoms with Crippen molar-refractivity contribution in [3.05, 3.63) is 52.2 Å². The second kappa shape index (κ2) is 8.78. The van der Waals surface area contributed by atoms with Crippen LogP contribution in [0.4, 0.5) is 0 Å². The summed E-state index contributed by atoms with van der Waals surface area (Å²) in [6.07, 6.45) is 0. The van der Waals surface area contributed by atoms with E-state index in [1.807, 2.05) is 0 Å². The molecule has 0 bridgehead atoms. The van der Waals surface area contributed by atoms with Gasteiger partial charge in [-0.05, 0) is 19.1 Å². The van der Waals surface area contributed by atoms with Crippen LogP contribution in [0.3, 0.4) is 0 Å². The zero-order valence-corrected chi connectivity index (χ0v) is 17.3. The van der Waals surface area contributed by atoms with E-state index >= 15 is 0 Å². The van der Waals surface area contributed by atoms with Crippen molar-refractivity contribution < 1.29 is 33.3 Å². The number of carboxylic acids is 1. The fraction of sp³-hybridized carbons (Fsp3) is 0.227. The lowest BCUT2D eigenvalue weighted by Gasteiger charge is -2.14. The van der Waals surface area contributed by atoms with E-state index in [-0.39, 0.29) is 39.2 Å². The molecule has 9 nitrogen and oxygen atoms in total. The maximum atomic E-state index is 12.9. The highest BCUT2D eigenvalue weighted by molar-refractivity contribution is 5.97. The lowest BCUT2D eigenvalue weighted by Crippen LogP contribution is -2.38. The molecule has 0 saturated heterocycles. The Morgan fingerprint density at radius 2 is 1.74 bits per heavy atom. The van der Waals surface area contributed by atoms with E-state index in [1.54, 1.807) is 12.1 Å². The third-order valence-electron chi connectivity index (χ3n) is 4.65. The lowest BCUT2D eigenvalue weighted by molar-refractivity contribution is -0.138. The maximum Gasteiger partial charge on any atom is 0.325 e. The van der Waals surface area contributed by atoms with Crippen molar-refractivity contribution >= 4 is 22.8 Å². The summed E-state index contributed by atoms with van der Waals surface area (Å²) in [4.78, 5) is 36.2. The number of rotatable bonds is 7. The van der Waals surface area contributed by atoms with E-state index in [9.17, 15) is 14.4 Å². The van der Waals surface area contributed by atoms with Crippen molar-refractivity contribution in [2.75, 3.05) is 21.3 Å². The number of methoxy groups -OCH3 is 3. The third kappa shape index (κ3) is 4.16. The molecule has 3 rings (SSSR count). The second-order valence-corrected chi connectivity index (χ2v) is 6.61. The van der Waals surface area contributed by atoms with E-state index in [2.05, 4.69) is 5.32 Å². The number of carbonyl (C=O) groups is 2. The Balaban J connectivity index is 2.11. The number of amides is 1. The summed E-state index contributed by atoms with van der Waals surface area (Å²) in [6, 6.07) is 8.06. The van der Waals surface area contributed by atoms with Gasteiger partial charge in [0.05, 0.1) is 21.3 Å². The molecule has 162 valence electrons. The predicted octanol–water partition coefficient (Wildman–Crippen LogP) is 2.69. The zero-order chi connectivity index (χ0) is 22.7. The molecule has 1 amide bonds. The molecular weight excluding hydrogens is 406 g/mol. The summed E-state index contributed by atoms with van der Waals surface area (Å²) >= 11 is 0. The Hall–Kier alpha value is -4.01. The van der Waals surface area contributed by atoms with Crippen LogP contribution in [0.25, 0.3) is 22.3 Å². The van der Waals surface area contributed by atoms with Gasteiger partial charge in [0.1, 0.15) is 22.8 Å². The van der Waals surface area contributed by atoms with E-state index in [0.29, 0.717) is 11.3 Å². The monoisotopic (exact) mass is 427 g/mol. The van der Waals surface area contributed by atoms with Gasteiger partial charge in [0, 0.05) is 23.3 Å². The van der Waals surface area contributed by atoms with E-state index in [1.165, 1.54) is 52.5 Å². The van der Waals surface area contributed by atoms with Gasteiger partial charge in [-0.2, -0.15) is 0 Å². The number of hydrogen-bond acceptors (Lipinski definition) is 7. The minimum atomic E-state index is -1.15. The molecule has 0 aliphatic heterocycles. The summed E-state index contributed by atoms with van der Waals surface area (Å²) in [5.41, 5.74) is 0.524. The van der Waals surface area contributed by atoms with Crippen LogP contribution in [-0.4, -0.2) is 44.4 Å². The summed E-state index contributed by atoms with van der Waals surface area (Å²) in [5.74, 6) is -0.719. The first-order valence-corrected chi connectivity index (χ1v) is 9.21. The van der Waals surface area contributed by atoms with Crippen molar-refractivity contribution in [2.45, 2.75) is 13.0 Å². The SMILES string of the molecule is COc1cc2oc(-c3cccc(C(=O)N[C@@H](C)C(=O)O)c3)cc(=O)c2c(OC)c1OC. The Labute approximate surface area is 177 Å². The smallest absolute Gasteiger partial charge is 0.325 e. The molecule has 2 N–H and O–H groups in total. The number of carboxylic acid groups (broad SMARTS) is 1. The van der Waals surface area contributed by atoms with Crippen LogP contribution >= 0.6 is 0 Å². The molecule has 0 spiro atoms. The molecule has 2 aromatic carbocycles. The number of carbonyl (C=O) groups excluding carboxylic acids is 1. The normalized spacial score (nSPS) is 11.6. The minimum absolute atomic E-state index is 0.188. The first-order valence-electron chi connectivity index (χ1n) is 9.21. The molecule has 0 radical (unpaired) electrons. The van der Waals surface area contributed by atoms with Gasteiger partial charge in [0.2, 0.25) is 5.75 Å². The van der Waals surface area contributed by atoms with Gasteiger partial charge >= 0.3 is 5.97 Å². The fourth-order valence-electron chi connectivity index (χ4n) is 3.08. The highest BCUT2D eigenvalue weighted by Gasteiger charge is 2.21. The molecular formula is C22H21NO8. The predicted molar refractivity (Wildman–Crippen MR) is 112 cm³/mol. The van der Waals surface area contributed by atoms with E-state index in [0.717, 1.165) is 0 Å². The summed E-state index contributed by atoms with van der Waals surface area (Å²) in [6.45, 7) is 1.36. The largest absolute Gasteiger partial charge is 0.493 e. The first-order chi connectivity index (χ1) is 14.8. The lowest BCUT2D eigenvalue weighted by atomic mass is 10.1. The molecule has 0 fully saturated rings. The molecule has 31 heavy (non-hydrogen) atoms. The highest BCUT2D eigenvalue weighted by Crippen LogP contribution is 2.42. The summed E-state index contributed by atoms with van der Waals surface area (Å²) in [7, 11) is 4.29. The fourth-order valence-corrected chi connectivity index (χ4v) is 3.08. The number of benzene rings is 2. The topological polar surface area (TPSA) is 124 Å². The average molecular weight is 427 g/mol. The van der Waals surface area contributed by atoms with E-state index < -0.39 is 17.9 Å². The van der Waals surface area contributed by atoms with Gasteiger partial charge in [-0.1, -0.05) is 12.1 Å². The number of aliphatic carboxylic acids is 1. The molecule has 9 heteroatoms. The van der Waals surface area contributed by atoms with E-state index in [4.69, 9.17) is 23.7 Å². The van der Waals surface area contributed by atoms with Gasteiger partial charge in [0.25, 0.3) is 5.91 Å². The van der Waals surface area contributed by atoms with Crippen molar-refractivity contribution in [1.29, 1.82) is 0 Å². The summed E-state index contributed by atoms with van der Waals surface area (Å²) < 4.78 is 21.9. The van der Waals surface area contributed by atoms with Crippen LogP contribution in [0, 0.1) is 0 Å². The Morgan fingerprint density at radius 1 is 1.03 bits per heavy atom. The minimum Gasteiger partial charge on any atom is -0.493 e. The molecule has 0 saturated carbocycles. The quantitative estimate of drug-likeness (QED) is 0.590. The zero-order valence-electron chi connectivity index (χ0n) is 17.3. The van der Waals surface area contributed by atoms with Crippen LogP contribution in [0.5, 0.6) is 17.2 Å². The number of nitrogens with one attached hydrogen (secondary N) is 1. The van der Waals surface area contributed by atoms with Gasteiger partial charge < -0.3 is 29.1 Å². The van der Waals surface area contributed by atoms with Crippen LogP contribution in [-0.2, 0) is 4.79 Å². The summed E-state index contributed by atoms with van der Waals surface area (Å²) in [5, 5.41) is 11.5. The molecule has 1 atom stereocenters. The van der Waals surface area contributed by atoms with Gasteiger partial charge in [-0.15, -0.1) is 0 Å². The van der Waals surface area contributed by atoms with Crippen molar-refractivity contribution in [3.63, 3.8) is 0 Å². The Morgan fingerprint density at radius 3 is 2.35 bits per heavy atom. The second-order valence-electron chi connectivity index (χ2n) is 6.61. The Kier molecular flexibility index (Phi) is 6.15. The number of fused-ring (bicyclic) bond motifs is 1. The number of hydrogen-bond donors (Lipinski definition) is 2. The maximum absolute atomic E-state index is 12.9. The first kappa shape index (κ1) is 21.7. The molecule has 0 aliphatic rings. The number of ether oxygens (including phenoxy) is 3. The third-order valence-corrected chi connectivity index (χ3v) is 4.65. The Bertz CT molecular complexity index is 1210. The highest BCUT2D eigenvalue weighted by atomic mass is 16.5. The molecule has 1 heterocycles. The van der Waals surface area contributed by atoms with Crippen LogP contribution < -0.4 is 25.0 Å².